The maximum Gasteiger partial charge on any atom is 0.251 e. The van der Waals surface area contributed by atoms with E-state index in [4.69, 9.17) is 5.73 Å². The summed E-state index contributed by atoms with van der Waals surface area (Å²) in [6.45, 7) is 4.46. The lowest BCUT2D eigenvalue weighted by atomic mass is 10.1. The standard InChI is InChI=1S/C16H20N4O/c1-3-11-6-5-7-18-14(11)10-19-16(21)12-8-13(4-2)20-15(17)9-12/h5-9H,3-4,10H2,1-2H3,(H2,17,20)(H,19,21). The molecule has 0 radical (unpaired) electrons. The highest BCUT2D eigenvalue weighted by Crippen LogP contribution is 2.10. The minimum absolute atomic E-state index is 0.161. The maximum absolute atomic E-state index is 12.2. The third-order valence-corrected chi connectivity index (χ3v) is 3.30. The summed E-state index contributed by atoms with van der Waals surface area (Å²) in [5, 5.41) is 2.88. The van der Waals surface area contributed by atoms with Gasteiger partial charge in [0.05, 0.1) is 12.2 Å². The van der Waals surface area contributed by atoms with Gasteiger partial charge in [0, 0.05) is 17.5 Å². The zero-order chi connectivity index (χ0) is 15.2. The third kappa shape index (κ3) is 3.78. The second kappa shape index (κ2) is 6.83. The van der Waals surface area contributed by atoms with Crippen LogP contribution in [0.2, 0.25) is 0 Å². The molecular weight excluding hydrogens is 264 g/mol. The summed E-state index contributed by atoms with van der Waals surface area (Å²) < 4.78 is 0. The molecule has 0 saturated carbocycles. The van der Waals surface area contributed by atoms with Crippen LogP contribution < -0.4 is 11.1 Å². The number of nitrogen functional groups attached to an aromatic ring is 1. The maximum atomic E-state index is 12.2. The SMILES string of the molecule is CCc1cc(C(=O)NCc2ncccc2CC)cc(N)n1. The van der Waals surface area contributed by atoms with Crippen LogP contribution in [-0.4, -0.2) is 15.9 Å². The Bertz CT molecular complexity index is 640. The van der Waals surface area contributed by atoms with E-state index in [1.165, 1.54) is 0 Å². The predicted octanol–water partition coefficient (Wildman–Crippen LogP) is 2.11. The van der Waals surface area contributed by atoms with Gasteiger partial charge in [-0.1, -0.05) is 19.9 Å². The topological polar surface area (TPSA) is 80.9 Å². The van der Waals surface area contributed by atoms with E-state index < -0.39 is 0 Å². The monoisotopic (exact) mass is 284 g/mol. The Balaban J connectivity index is 2.10. The van der Waals surface area contributed by atoms with Crippen molar-refractivity contribution < 1.29 is 4.79 Å². The van der Waals surface area contributed by atoms with E-state index in [-0.39, 0.29) is 5.91 Å². The molecule has 2 aromatic heterocycles. The number of hydrogen-bond acceptors (Lipinski definition) is 4. The van der Waals surface area contributed by atoms with Crippen molar-refractivity contribution in [3.63, 3.8) is 0 Å². The van der Waals surface area contributed by atoms with Gasteiger partial charge in [-0.05, 0) is 36.6 Å². The van der Waals surface area contributed by atoms with E-state index in [1.807, 2.05) is 19.1 Å². The Kier molecular flexibility index (Phi) is 4.87. The van der Waals surface area contributed by atoms with Crippen molar-refractivity contribution in [2.75, 3.05) is 5.73 Å². The van der Waals surface area contributed by atoms with Gasteiger partial charge in [-0.25, -0.2) is 4.98 Å². The Morgan fingerprint density at radius 1 is 1.29 bits per heavy atom. The first-order valence-corrected chi connectivity index (χ1v) is 7.11. The number of nitrogens with zero attached hydrogens (tertiary/aromatic N) is 2. The summed E-state index contributed by atoms with van der Waals surface area (Å²) in [6.07, 6.45) is 3.37. The zero-order valence-corrected chi connectivity index (χ0v) is 12.4. The lowest BCUT2D eigenvalue weighted by molar-refractivity contribution is 0.0950. The number of rotatable bonds is 5. The molecule has 2 rings (SSSR count). The van der Waals surface area contributed by atoms with E-state index in [0.29, 0.717) is 17.9 Å². The first kappa shape index (κ1) is 15.0. The van der Waals surface area contributed by atoms with Gasteiger partial charge in [-0.15, -0.1) is 0 Å². The fourth-order valence-corrected chi connectivity index (χ4v) is 2.14. The summed E-state index contributed by atoms with van der Waals surface area (Å²) in [5.74, 6) is 0.207. The number of aryl methyl sites for hydroxylation is 2. The van der Waals surface area contributed by atoms with Gasteiger partial charge in [0.1, 0.15) is 5.82 Å². The van der Waals surface area contributed by atoms with Crippen molar-refractivity contribution in [3.05, 3.63) is 53.0 Å². The van der Waals surface area contributed by atoms with Gasteiger partial charge in [-0.2, -0.15) is 0 Å². The van der Waals surface area contributed by atoms with Crippen LogP contribution >= 0.6 is 0 Å². The molecule has 5 heteroatoms. The van der Waals surface area contributed by atoms with Crippen molar-refractivity contribution in [1.82, 2.24) is 15.3 Å². The number of nitrogens with two attached hydrogens (primary N) is 1. The summed E-state index contributed by atoms with van der Waals surface area (Å²) in [4.78, 5) is 20.7. The fourth-order valence-electron chi connectivity index (χ4n) is 2.14. The molecule has 110 valence electrons. The van der Waals surface area contributed by atoms with Gasteiger partial charge < -0.3 is 11.1 Å². The molecule has 0 unspecified atom stereocenters. The molecule has 3 N–H and O–H groups in total. The van der Waals surface area contributed by atoms with E-state index in [2.05, 4.69) is 22.2 Å². The molecular formula is C16H20N4O. The zero-order valence-electron chi connectivity index (χ0n) is 12.4. The van der Waals surface area contributed by atoms with Crippen LogP contribution in [0.5, 0.6) is 0 Å². The molecule has 1 amide bonds. The van der Waals surface area contributed by atoms with Gasteiger partial charge in [-0.3, -0.25) is 9.78 Å². The molecule has 0 aliphatic heterocycles. The molecule has 5 nitrogen and oxygen atoms in total. The van der Waals surface area contributed by atoms with Crippen LogP contribution in [0.4, 0.5) is 5.82 Å². The number of carbonyl (C=O) groups is 1. The lowest BCUT2D eigenvalue weighted by Gasteiger charge is -2.09. The first-order chi connectivity index (χ1) is 10.1. The van der Waals surface area contributed by atoms with Crippen molar-refractivity contribution >= 4 is 11.7 Å². The molecule has 0 saturated heterocycles. The second-order valence-corrected chi connectivity index (χ2v) is 4.77. The average Bonchev–Trinajstić information content (AvgIpc) is 2.52. The Labute approximate surface area is 124 Å². The lowest BCUT2D eigenvalue weighted by Crippen LogP contribution is -2.24. The molecule has 0 spiro atoms. The van der Waals surface area contributed by atoms with Gasteiger partial charge >= 0.3 is 0 Å². The minimum Gasteiger partial charge on any atom is -0.384 e. The number of aromatic nitrogens is 2. The van der Waals surface area contributed by atoms with Gasteiger partial charge in [0.15, 0.2) is 0 Å². The number of amides is 1. The number of hydrogen-bond donors (Lipinski definition) is 2. The van der Waals surface area contributed by atoms with Gasteiger partial charge in [0.2, 0.25) is 0 Å². The number of anilines is 1. The Morgan fingerprint density at radius 3 is 2.81 bits per heavy atom. The van der Waals surface area contributed by atoms with E-state index >= 15 is 0 Å². The van der Waals surface area contributed by atoms with E-state index in [1.54, 1.807) is 18.3 Å². The summed E-state index contributed by atoms with van der Waals surface area (Å²) >= 11 is 0. The fraction of sp³-hybridized carbons (Fsp3) is 0.312. The highest BCUT2D eigenvalue weighted by atomic mass is 16.1. The van der Waals surface area contributed by atoms with Gasteiger partial charge in [0.25, 0.3) is 5.91 Å². The van der Waals surface area contributed by atoms with Crippen LogP contribution in [0.15, 0.2) is 30.5 Å². The van der Waals surface area contributed by atoms with E-state index in [0.717, 1.165) is 29.8 Å². The predicted molar refractivity (Wildman–Crippen MR) is 82.8 cm³/mol. The molecule has 2 heterocycles. The molecule has 2 aromatic rings. The highest BCUT2D eigenvalue weighted by molar-refractivity contribution is 5.94. The molecule has 0 aliphatic carbocycles. The number of pyridine rings is 2. The summed E-state index contributed by atoms with van der Waals surface area (Å²) in [6, 6.07) is 7.29. The molecule has 0 fully saturated rings. The van der Waals surface area contributed by atoms with Crippen molar-refractivity contribution in [1.29, 1.82) is 0 Å². The number of nitrogens with one attached hydrogen (secondary N) is 1. The minimum atomic E-state index is -0.161. The number of carbonyl (C=O) groups excluding carboxylic acids is 1. The molecule has 21 heavy (non-hydrogen) atoms. The van der Waals surface area contributed by atoms with Crippen LogP contribution in [-0.2, 0) is 19.4 Å². The van der Waals surface area contributed by atoms with Crippen molar-refractivity contribution in [2.24, 2.45) is 0 Å². The third-order valence-electron chi connectivity index (χ3n) is 3.30. The Morgan fingerprint density at radius 2 is 2.10 bits per heavy atom. The normalized spacial score (nSPS) is 10.4. The quantitative estimate of drug-likeness (QED) is 0.881. The molecule has 0 atom stereocenters. The van der Waals surface area contributed by atoms with Crippen LogP contribution in [0, 0.1) is 0 Å². The van der Waals surface area contributed by atoms with Crippen LogP contribution in [0.25, 0.3) is 0 Å². The smallest absolute Gasteiger partial charge is 0.251 e. The second-order valence-electron chi connectivity index (χ2n) is 4.77. The van der Waals surface area contributed by atoms with Crippen molar-refractivity contribution in [2.45, 2.75) is 33.2 Å². The average molecular weight is 284 g/mol. The molecule has 0 bridgehead atoms. The molecule has 0 aromatic carbocycles. The Hall–Kier alpha value is -2.43. The molecule has 0 aliphatic rings. The summed E-state index contributed by atoms with van der Waals surface area (Å²) in [7, 11) is 0. The van der Waals surface area contributed by atoms with E-state index in [9.17, 15) is 4.79 Å². The summed E-state index contributed by atoms with van der Waals surface area (Å²) in [5.41, 5.74) is 9.10. The van der Waals surface area contributed by atoms with Crippen LogP contribution in [0.3, 0.4) is 0 Å². The largest absolute Gasteiger partial charge is 0.384 e. The first-order valence-electron chi connectivity index (χ1n) is 7.11. The highest BCUT2D eigenvalue weighted by Gasteiger charge is 2.09. The van der Waals surface area contributed by atoms with Crippen molar-refractivity contribution in [3.8, 4) is 0 Å². The van der Waals surface area contributed by atoms with Crippen LogP contribution in [0.1, 0.15) is 41.2 Å².